The molecule has 0 saturated heterocycles. The molecule has 0 aromatic heterocycles. The van der Waals surface area contributed by atoms with Gasteiger partial charge in [0.1, 0.15) is 0 Å². The second-order valence-electron chi connectivity index (χ2n) is 7.74. The molecule has 0 rings (SSSR count). The fourth-order valence-electron chi connectivity index (χ4n) is 3.53. The second-order valence-corrected chi connectivity index (χ2v) is 7.74. The van der Waals surface area contributed by atoms with Gasteiger partial charge in [-0.3, -0.25) is 0 Å². The van der Waals surface area contributed by atoms with Gasteiger partial charge in [0.2, 0.25) is 0 Å². The highest BCUT2D eigenvalue weighted by molar-refractivity contribution is 4.86. The first-order valence-electron chi connectivity index (χ1n) is 10.2. The highest BCUT2D eigenvalue weighted by Crippen LogP contribution is 2.33. The molecule has 0 aromatic carbocycles. The monoisotopic (exact) mass is 312 g/mol. The molecule has 0 amide bonds. The van der Waals surface area contributed by atoms with Gasteiger partial charge in [0.25, 0.3) is 0 Å². The van der Waals surface area contributed by atoms with Gasteiger partial charge in [-0.1, -0.05) is 112 Å². The molecule has 0 spiro atoms. The summed E-state index contributed by atoms with van der Waals surface area (Å²) in [4.78, 5) is 0. The fraction of sp³-hybridized carbons (Fsp3) is 1.00. The van der Waals surface area contributed by atoms with Gasteiger partial charge >= 0.3 is 0 Å². The van der Waals surface area contributed by atoms with Gasteiger partial charge in [-0.15, -0.1) is 0 Å². The van der Waals surface area contributed by atoms with E-state index < -0.39 is 5.60 Å². The molecular formula is C21H44O. The van der Waals surface area contributed by atoms with Crippen LogP contribution >= 0.6 is 0 Å². The maximum atomic E-state index is 10.9. The molecule has 134 valence electrons. The Morgan fingerprint density at radius 1 is 0.682 bits per heavy atom. The van der Waals surface area contributed by atoms with Crippen molar-refractivity contribution < 1.29 is 5.11 Å². The van der Waals surface area contributed by atoms with Crippen LogP contribution in [0.3, 0.4) is 0 Å². The Morgan fingerprint density at radius 2 is 1.09 bits per heavy atom. The van der Waals surface area contributed by atoms with Gasteiger partial charge in [-0.2, -0.15) is 0 Å². The molecule has 0 heterocycles. The molecule has 1 nitrogen and oxygen atoms in total. The molecule has 0 radical (unpaired) electrons. The van der Waals surface area contributed by atoms with E-state index in [9.17, 15) is 5.11 Å². The summed E-state index contributed by atoms with van der Waals surface area (Å²) in [6.07, 6.45) is 17.2. The third-order valence-electron chi connectivity index (χ3n) is 5.65. The van der Waals surface area contributed by atoms with Crippen LogP contribution in [0.2, 0.25) is 0 Å². The minimum absolute atomic E-state index is 0.366. The normalized spacial score (nSPS) is 16.0. The Labute approximate surface area is 141 Å². The lowest BCUT2D eigenvalue weighted by Gasteiger charge is -2.38. The molecule has 22 heavy (non-hydrogen) atoms. The number of hydrogen-bond donors (Lipinski definition) is 1. The van der Waals surface area contributed by atoms with Crippen LogP contribution in [0.15, 0.2) is 0 Å². The first-order valence-corrected chi connectivity index (χ1v) is 10.2. The van der Waals surface area contributed by atoms with Gasteiger partial charge in [-0.25, -0.2) is 0 Å². The van der Waals surface area contributed by atoms with Crippen molar-refractivity contribution in [2.24, 2.45) is 11.8 Å². The minimum atomic E-state index is -0.450. The summed E-state index contributed by atoms with van der Waals surface area (Å²) in [5, 5.41) is 10.9. The Morgan fingerprint density at radius 3 is 1.45 bits per heavy atom. The van der Waals surface area contributed by atoms with E-state index in [1.54, 1.807) is 0 Å². The molecule has 0 saturated carbocycles. The van der Waals surface area contributed by atoms with Gasteiger partial charge in [0.05, 0.1) is 5.60 Å². The Kier molecular flexibility index (Phi) is 13.4. The number of hydrogen-bond acceptors (Lipinski definition) is 1. The van der Waals surface area contributed by atoms with Crippen LogP contribution in [0.25, 0.3) is 0 Å². The predicted octanol–water partition coefficient (Wildman–Crippen LogP) is 7.12. The molecule has 2 atom stereocenters. The molecule has 0 aliphatic heterocycles. The largest absolute Gasteiger partial charge is 0.389 e. The van der Waals surface area contributed by atoms with Crippen LogP contribution in [0.1, 0.15) is 118 Å². The van der Waals surface area contributed by atoms with E-state index in [4.69, 9.17) is 0 Å². The average molecular weight is 313 g/mol. The van der Waals surface area contributed by atoms with E-state index in [-0.39, 0.29) is 0 Å². The molecule has 1 N–H and O–H groups in total. The van der Waals surface area contributed by atoms with Crippen molar-refractivity contribution in [1.82, 2.24) is 0 Å². The third kappa shape index (κ3) is 9.18. The van der Waals surface area contributed by atoms with Crippen molar-refractivity contribution in [3.05, 3.63) is 0 Å². The second kappa shape index (κ2) is 13.4. The molecule has 0 fully saturated rings. The SMILES string of the molecule is CCCCCCCCCCCCCC(O)(C(C)C)C(C)CC. The van der Waals surface area contributed by atoms with Crippen molar-refractivity contribution in [2.45, 2.75) is 124 Å². The van der Waals surface area contributed by atoms with Crippen LogP contribution in [0.5, 0.6) is 0 Å². The zero-order valence-electron chi connectivity index (χ0n) is 16.3. The molecule has 0 aliphatic carbocycles. The smallest absolute Gasteiger partial charge is 0.0695 e. The van der Waals surface area contributed by atoms with Gasteiger partial charge < -0.3 is 5.11 Å². The van der Waals surface area contributed by atoms with Gasteiger partial charge in [0.15, 0.2) is 0 Å². The average Bonchev–Trinajstić information content (AvgIpc) is 2.51. The van der Waals surface area contributed by atoms with E-state index in [1.807, 2.05) is 0 Å². The quantitative estimate of drug-likeness (QED) is 0.319. The van der Waals surface area contributed by atoms with E-state index in [0.29, 0.717) is 11.8 Å². The predicted molar refractivity (Wildman–Crippen MR) is 100 cm³/mol. The Balaban J connectivity index is 3.59. The third-order valence-corrected chi connectivity index (χ3v) is 5.65. The Hall–Kier alpha value is -0.0400. The first-order chi connectivity index (χ1) is 10.5. The summed E-state index contributed by atoms with van der Waals surface area (Å²) in [6, 6.07) is 0. The van der Waals surface area contributed by atoms with Crippen LogP contribution < -0.4 is 0 Å². The summed E-state index contributed by atoms with van der Waals surface area (Å²) in [5.41, 5.74) is -0.450. The lowest BCUT2D eigenvalue weighted by atomic mass is 9.75. The minimum Gasteiger partial charge on any atom is -0.389 e. The summed E-state index contributed by atoms with van der Waals surface area (Å²) in [5.74, 6) is 0.779. The highest BCUT2D eigenvalue weighted by Gasteiger charge is 2.35. The van der Waals surface area contributed by atoms with Crippen LogP contribution in [0, 0.1) is 11.8 Å². The van der Waals surface area contributed by atoms with Crippen molar-refractivity contribution in [2.75, 3.05) is 0 Å². The van der Waals surface area contributed by atoms with Crippen LogP contribution in [-0.2, 0) is 0 Å². The summed E-state index contributed by atoms with van der Waals surface area (Å²) < 4.78 is 0. The van der Waals surface area contributed by atoms with E-state index in [2.05, 4.69) is 34.6 Å². The van der Waals surface area contributed by atoms with Gasteiger partial charge in [-0.05, 0) is 18.3 Å². The highest BCUT2D eigenvalue weighted by atomic mass is 16.3. The summed E-state index contributed by atoms with van der Waals surface area (Å²) >= 11 is 0. The lowest BCUT2D eigenvalue weighted by molar-refractivity contribution is -0.0626. The molecule has 0 aromatic rings. The zero-order valence-corrected chi connectivity index (χ0v) is 16.3. The number of unbranched alkanes of at least 4 members (excludes halogenated alkanes) is 10. The first kappa shape index (κ1) is 22.0. The van der Waals surface area contributed by atoms with Crippen molar-refractivity contribution in [3.8, 4) is 0 Å². The zero-order chi connectivity index (χ0) is 16.8. The van der Waals surface area contributed by atoms with E-state index in [0.717, 1.165) is 12.8 Å². The molecular weight excluding hydrogens is 268 g/mol. The Bertz CT molecular complexity index is 236. The molecule has 2 unspecified atom stereocenters. The van der Waals surface area contributed by atoms with Crippen LogP contribution in [-0.4, -0.2) is 10.7 Å². The standard InChI is InChI=1S/C21H44O/c1-6-8-9-10-11-12-13-14-15-16-17-18-21(22,19(3)4)20(5)7-2/h19-20,22H,6-18H2,1-5H3. The topological polar surface area (TPSA) is 20.2 Å². The number of rotatable bonds is 15. The van der Waals surface area contributed by atoms with Gasteiger partial charge in [0, 0.05) is 0 Å². The summed E-state index contributed by atoms with van der Waals surface area (Å²) in [6.45, 7) is 11.0. The maximum absolute atomic E-state index is 10.9. The van der Waals surface area contributed by atoms with Crippen molar-refractivity contribution >= 4 is 0 Å². The number of aliphatic hydroxyl groups is 1. The molecule has 0 aliphatic rings. The van der Waals surface area contributed by atoms with Crippen molar-refractivity contribution in [3.63, 3.8) is 0 Å². The molecule has 0 bridgehead atoms. The fourth-order valence-corrected chi connectivity index (χ4v) is 3.53. The maximum Gasteiger partial charge on any atom is 0.0695 e. The lowest BCUT2D eigenvalue weighted by Crippen LogP contribution is -2.41. The van der Waals surface area contributed by atoms with Crippen molar-refractivity contribution in [1.29, 1.82) is 0 Å². The van der Waals surface area contributed by atoms with E-state index >= 15 is 0 Å². The van der Waals surface area contributed by atoms with E-state index in [1.165, 1.54) is 70.6 Å². The molecule has 1 heteroatoms. The van der Waals surface area contributed by atoms with Crippen LogP contribution in [0.4, 0.5) is 0 Å². The summed E-state index contributed by atoms with van der Waals surface area (Å²) in [7, 11) is 0.